The molecule has 0 aromatic carbocycles. The predicted molar refractivity (Wildman–Crippen MR) is 42.6 cm³/mol. The van der Waals surface area contributed by atoms with Gasteiger partial charge in [-0.2, -0.15) is 0 Å². The summed E-state index contributed by atoms with van der Waals surface area (Å²) >= 11 is 0. The summed E-state index contributed by atoms with van der Waals surface area (Å²) in [5, 5.41) is 28.4. The monoisotopic (exact) mass is 173 g/mol. The molecule has 2 fully saturated rings. The average molecular weight is 173 g/mol. The molecule has 0 unspecified atom stereocenters. The maximum atomic E-state index is 9.90. The molecule has 0 spiro atoms. The van der Waals surface area contributed by atoms with Crippen molar-refractivity contribution in [3.05, 3.63) is 0 Å². The summed E-state index contributed by atoms with van der Waals surface area (Å²) in [5.41, 5.74) is -1.27. The Morgan fingerprint density at radius 3 is 2.92 bits per heavy atom. The zero-order valence-corrected chi connectivity index (χ0v) is 6.98. The lowest BCUT2D eigenvalue weighted by molar-refractivity contribution is -0.0948. The summed E-state index contributed by atoms with van der Waals surface area (Å²) < 4.78 is 0. The van der Waals surface area contributed by atoms with Gasteiger partial charge < -0.3 is 15.3 Å². The van der Waals surface area contributed by atoms with Crippen LogP contribution in [0.5, 0.6) is 0 Å². The molecule has 0 aromatic heterocycles. The van der Waals surface area contributed by atoms with Crippen LogP contribution >= 0.6 is 0 Å². The molecular weight excluding hydrogens is 158 g/mol. The van der Waals surface area contributed by atoms with Gasteiger partial charge in [0.25, 0.3) is 0 Å². The quantitative estimate of drug-likeness (QED) is 0.454. The standard InChI is InChI=1S/C8H15NO3/c10-5-8(12)6-2-1-3-9(6)4-7(8)11/h6-7,10-12H,1-5H2/t6-,7+,8+/m0/s1. The number of aliphatic hydroxyl groups is 3. The molecule has 0 aromatic rings. The molecule has 3 N–H and O–H groups in total. The maximum absolute atomic E-state index is 9.90. The smallest absolute Gasteiger partial charge is 0.130 e. The molecule has 4 heteroatoms. The van der Waals surface area contributed by atoms with Crippen LogP contribution in [0.2, 0.25) is 0 Å². The highest BCUT2D eigenvalue weighted by atomic mass is 16.4. The molecular formula is C8H15NO3. The third kappa shape index (κ3) is 0.925. The van der Waals surface area contributed by atoms with Gasteiger partial charge in [-0.1, -0.05) is 0 Å². The van der Waals surface area contributed by atoms with Crippen molar-refractivity contribution in [1.82, 2.24) is 4.90 Å². The number of nitrogens with zero attached hydrogens (tertiary/aromatic N) is 1. The fourth-order valence-electron chi connectivity index (χ4n) is 2.42. The van der Waals surface area contributed by atoms with Gasteiger partial charge in [-0.25, -0.2) is 0 Å². The van der Waals surface area contributed by atoms with E-state index in [1.807, 2.05) is 0 Å². The van der Waals surface area contributed by atoms with Crippen LogP contribution < -0.4 is 0 Å². The third-order valence-electron chi connectivity index (χ3n) is 3.18. The highest BCUT2D eigenvalue weighted by Crippen LogP contribution is 2.35. The lowest BCUT2D eigenvalue weighted by atomic mass is 9.92. The first-order valence-electron chi connectivity index (χ1n) is 4.44. The van der Waals surface area contributed by atoms with Gasteiger partial charge in [-0.05, 0) is 19.4 Å². The minimum atomic E-state index is -1.27. The van der Waals surface area contributed by atoms with E-state index in [0.717, 1.165) is 19.4 Å². The van der Waals surface area contributed by atoms with Crippen molar-refractivity contribution in [2.45, 2.75) is 30.6 Å². The van der Waals surface area contributed by atoms with Gasteiger partial charge in [0.05, 0.1) is 12.7 Å². The SMILES string of the molecule is OC[C@]1(O)[C@H](O)CN2CCC[C@H]21. The van der Waals surface area contributed by atoms with E-state index in [-0.39, 0.29) is 12.6 Å². The van der Waals surface area contributed by atoms with E-state index in [9.17, 15) is 10.2 Å². The molecule has 12 heavy (non-hydrogen) atoms. The zero-order chi connectivity index (χ0) is 8.77. The van der Waals surface area contributed by atoms with Crippen LogP contribution in [-0.4, -0.2) is 57.7 Å². The topological polar surface area (TPSA) is 63.9 Å². The summed E-state index contributed by atoms with van der Waals surface area (Å²) in [6.07, 6.45) is 1.15. The molecule has 0 aliphatic carbocycles. The second-order valence-corrected chi connectivity index (χ2v) is 3.82. The van der Waals surface area contributed by atoms with Gasteiger partial charge in [0, 0.05) is 12.6 Å². The molecule has 2 heterocycles. The molecule has 70 valence electrons. The van der Waals surface area contributed by atoms with Crippen LogP contribution in [0.4, 0.5) is 0 Å². The van der Waals surface area contributed by atoms with Gasteiger partial charge in [-0.15, -0.1) is 0 Å². The Labute approximate surface area is 71.4 Å². The Kier molecular flexibility index (Phi) is 1.88. The predicted octanol–water partition coefficient (Wildman–Crippen LogP) is -1.45. The van der Waals surface area contributed by atoms with Crippen LogP contribution in [0.3, 0.4) is 0 Å². The summed E-state index contributed by atoms with van der Waals surface area (Å²) in [7, 11) is 0. The molecule has 2 aliphatic rings. The summed E-state index contributed by atoms with van der Waals surface area (Å²) in [4.78, 5) is 2.06. The van der Waals surface area contributed by atoms with E-state index < -0.39 is 11.7 Å². The van der Waals surface area contributed by atoms with E-state index in [4.69, 9.17) is 5.11 Å². The molecule has 2 aliphatic heterocycles. The number of hydrogen-bond donors (Lipinski definition) is 3. The van der Waals surface area contributed by atoms with Crippen LogP contribution in [0, 0.1) is 0 Å². The molecule has 0 bridgehead atoms. The van der Waals surface area contributed by atoms with Crippen molar-refractivity contribution in [3.63, 3.8) is 0 Å². The van der Waals surface area contributed by atoms with E-state index in [1.165, 1.54) is 0 Å². The molecule has 3 atom stereocenters. The average Bonchev–Trinajstić information content (AvgIpc) is 2.57. The minimum Gasteiger partial charge on any atom is -0.393 e. The van der Waals surface area contributed by atoms with Crippen molar-refractivity contribution >= 4 is 0 Å². The number of fused-ring (bicyclic) bond motifs is 1. The Hall–Kier alpha value is -0.160. The second-order valence-electron chi connectivity index (χ2n) is 3.82. The Balaban J connectivity index is 2.21. The van der Waals surface area contributed by atoms with Gasteiger partial charge in [0.2, 0.25) is 0 Å². The van der Waals surface area contributed by atoms with E-state index in [1.54, 1.807) is 0 Å². The van der Waals surface area contributed by atoms with E-state index >= 15 is 0 Å². The van der Waals surface area contributed by atoms with Gasteiger partial charge in [0.15, 0.2) is 0 Å². The zero-order valence-electron chi connectivity index (χ0n) is 6.98. The highest BCUT2D eigenvalue weighted by Gasteiger charge is 2.53. The van der Waals surface area contributed by atoms with Gasteiger partial charge >= 0.3 is 0 Å². The maximum Gasteiger partial charge on any atom is 0.130 e. The second kappa shape index (κ2) is 2.67. The van der Waals surface area contributed by atoms with Gasteiger partial charge in [0.1, 0.15) is 5.60 Å². The largest absolute Gasteiger partial charge is 0.393 e. The number of aliphatic hydroxyl groups excluding tert-OH is 2. The minimum absolute atomic E-state index is 0.0301. The molecule has 0 amide bonds. The summed E-state index contributed by atoms with van der Waals surface area (Å²) in [6, 6.07) is -0.0301. The normalized spacial score (nSPS) is 48.2. The fraction of sp³-hybridized carbons (Fsp3) is 1.00. The molecule has 2 rings (SSSR count). The highest BCUT2D eigenvalue weighted by molar-refractivity contribution is 5.07. The van der Waals surface area contributed by atoms with Crippen molar-refractivity contribution in [3.8, 4) is 0 Å². The van der Waals surface area contributed by atoms with Crippen LogP contribution in [0.1, 0.15) is 12.8 Å². The van der Waals surface area contributed by atoms with Gasteiger partial charge in [-0.3, -0.25) is 4.90 Å². The van der Waals surface area contributed by atoms with Crippen molar-refractivity contribution < 1.29 is 15.3 Å². The molecule has 2 saturated heterocycles. The Morgan fingerprint density at radius 2 is 2.25 bits per heavy atom. The first kappa shape index (κ1) is 8.44. The van der Waals surface area contributed by atoms with Crippen molar-refractivity contribution in [1.29, 1.82) is 0 Å². The van der Waals surface area contributed by atoms with Crippen LogP contribution in [0.15, 0.2) is 0 Å². The number of hydrogen-bond acceptors (Lipinski definition) is 4. The number of rotatable bonds is 1. The van der Waals surface area contributed by atoms with E-state index in [2.05, 4.69) is 4.90 Å². The third-order valence-corrected chi connectivity index (χ3v) is 3.18. The Bertz CT molecular complexity index is 187. The summed E-state index contributed by atoms with van der Waals surface area (Å²) in [5.74, 6) is 0. The van der Waals surface area contributed by atoms with Crippen molar-refractivity contribution in [2.24, 2.45) is 0 Å². The van der Waals surface area contributed by atoms with Crippen molar-refractivity contribution in [2.75, 3.05) is 19.7 Å². The van der Waals surface area contributed by atoms with Crippen LogP contribution in [0.25, 0.3) is 0 Å². The fourth-order valence-corrected chi connectivity index (χ4v) is 2.42. The molecule has 0 saturated carbocycles. The molecule has 4 nitrogen and oxygen atoms in total. The first-order chi connectivity index (χ1) is 5.68. The Morgan fingerprint density at radius 1 is 1.50 bits per heavy atom. The van der Waals surface area contributed by atoms with E-state index in [0.29, 0.717) is 6.54 Å². The first-order valence-corrected chi connectivity index (χ1v) is 4.44. The molecule has 0 radical (unpaired) electrons. The van der Waals surface area contributed by atoms with Crippen LogP contribution in [-0.2, 0) is 0 Å². The lowest BCUT2D eigenvalue weighted by Gasteiger charge is -2.29. The summed E-state index contributed by atoms with van der Waals surface area (Å²) in [6.45, 7) is 1.10. The lowest BCUT2D eigenvalue weighted by Crippen LogP contribution is -2.50.